The van der Waals surface area contributed by atoms with Crippen molar-refractivity contribution in [3.05, 3.63) is 42.2 Å². The number of nitrogens with zero attached hydrogens (tertiary/aromatic N) is 1. The van der Waals surface area contributed by atoms with E-state index in [9.17, 15) is 0 Å². The van der Waals surface area contributed by atoms with Crippen LogP contribution in [-0.4, -0.2) is 10.6 Å². The largest absolute Gasteiger partial charge is 0.483 e. The zero-order valence-corrected chi connectivity index (χ0v) is 10.8. The first-order chi connectivity index (χ1) is 9.12. The SMILES string of the molecule is CC1(C)C=Cc2cc3c(cc2O1)oc1ccncc13. The van der Waals surface area contributed by atoms with Gasteiger partial charge in [-0.1, -0.05) is 6.08 Å². The number of fused-ring (bicyclic) bond motifs is 4. The molecular formula is C16H13NO2. The Kier molecular flexibility index (Phi) is 1.89. The quantitative estimate of drug-likeness (QED) is 0.601. The second kappa shape index (κ2) is 3.38. The molecule has 0 bridgehead atoms. The van der Waals surface area contributed by atoms with Gasteiger partial charge in [-0.05, 0) is 32.1 Å². The van der Waals surface area contributed by atoms with E-state index in [4.69, 9.17) is 9.15 Å². The molecule has 0 spiro atoms. The molecule has 0 unspecified atom stereocenters. The van der Waals surface area contributed by atoms with Crippen LogP contribution in [0.25, 0.3) is 28.0 Å². The number of furan rings is 1. The number of benzene rings is 1. The Hall–Kier alpha value is -2.29. The van der Waals surface area contributed by atoms with Crippen LogP contribution in [0.2, 0.25) is 0 Å². The summed E-state index contributed by atoms with van der Waals surface area (Å²) in [6.07, 6.45) is 7.75. The summed E-state index contributed by atoms with van der Waals surface area (Å²) in [4.78, 5) is 4.16. The third-order valence-electron chi connectivity index (χ3n) is 3.44. The number of hydrogen-bond acceptors (Lipinski definition) is 3. The molecule has 1 aliphatic heterocycles. The van der Waals surface area contributed by atoms with E-state index < -0.39 is 0 Å². The van der Waals surface area contributed by atoms with Crippen LogP contribution < -0.4 is 4.74 Å². The van der Waals surface area contributed by atoms with Crippen LogP contribution in [0.15, 0.2) is 41.1 Å². The van der Waals surface area contributed by atoms with Crippen molar-refractivity contribution in [1.82, 2.24) is 4.98 Å². The molecular weight excluding hydrogens is 238 g/mol. The van der Waals surface area contributed by atoms with Crippen molar-refractivity contribution in [1.29, 1.82) is 0 Å². The van der Waals surface area contributed by atoms with Gasteiger partial charge in [-0.25, -0.2) is 0 Å². The van der Waals surface area contributed by atoms with E-state index in [-0.39, 0.29) is 5.60 Å². The van der Waals surface area contributed by atoms with Gasteiger partial charge in [-0.2, -0.15) is 0 Å². The molecule has 3 nitrogen and oxygen atoms in total. The average molecular weight is 251 g/mol. The first-order valence-corrected chi connectivity index (χ1v) is 6.31. The Labute approximate surface area is 110 Å². The number of aromatic nitrogens is 1. The molecule has 0 atom stereocenters. The Bertz CT molecular complexity index is 827. The highest BCUT2D eigenvalue weighted by atomic mass is 16.5. The van der Waals surface area contributed by atoms with E-state index in [0.29, 0.717) is 0 Å². The molecule has 0 radical (unpaired) electrons. The maximum Gasteiger partial charge on any atom is 0.139 e. The maximum atomic E-state index is 5.96. The number of ether oxygens (including phenoxy) is 1. The molecule has 3 heterocycles. The molecule has 0 fully saturated rings. The summed E-state index contributed by atoms with van der Waals surface area (Å²) < 4.78 is 11.8. The molecule has 0 N–H and O–H groups in total. The van der Waals surface area contributed by atoms with Crippen LogP contribution in [0.3, 0.4) is 0 Å². The summed E-state index contributed by atoms with van der Waals surface area (Å²) in [7, 11) is 0. The van der Waals surface area contributed by atoms with Gasteiger partial charge in [0.05, 0.1) is 0 Å². The van der Waals surface area contributed by atoms with Crippen LogP contribution in [0.1, 0.15) is 19.4 Å². The fourth-order valence-corrected chi connectivity index (χ4v) is 2.49. The first-order valence-electron chi connectivity index (χ1n) is 6.31. The van der Waals surface area contributed by atoms with Gasteiger partial charge in [0.2, 0.25) is 0 Å². The molecule has 0 amide bonds. The Morgan fingerprint density at radius 2 is 2.00 bits per heavy atom. The number of hydrogen-bond donors (Lipinski definition) is 0. The number of pyridine rings is 1. The highest BCUT2D eigenvalue weighted by molar-refractivity contribution is 6.05. The fraction of sp³-hybridized carbons (Fsp3) is 0.188. The van der Waals surface area contributed by atoms with Crippen molar-refractivity contribution in [3.63, 3.8) is 0 Å². The minimum Gasteiger partial charge on any atom is -0.483 e. The van der Waals surface area contributed by atoms with Crippen LogP contribution in [0.4, 0.5) is 0 Å². The molecule has 19 heavy (non-hydrogen) atoms. The van der Waals surface area contributed by atoms with Crippen LogP contribution >= 0.6 is 0 Å². The summed E-state index contributed by atoms with van der Waals surface area (Å²) in [6, 6.07) is 5.95. The molecule has 3 heteroatoms. The summed E-state index contributed by atoms with van der Waals surface area (Å²) in [5.74, 6) is 0.868. The summed E-state index contributed by atoms with van der Waals surface area (Å²) in [5.41, 5.74) is 2.51. The van der Waals surface area contributed by atoms with Crippen molar-refractivity contribution >= 4 is 28.0 Å². The molecule has 1 aromatic carbocycles. The van der Waals surface area contributed by atoms with Crippen LogP contribution in [0.5, 0.6) is 5.75 Å². The molecule has 3 aromatic rings. The maximum absolute atomic E-state index is 5.96. The molecule has 2 aromatic heterocycles. The molecule has 1 aliphatic rings. The summed E-state index contributed by atoms with van der Waals surface area (Å²) in [6.45, 7) is 4.08. The highest BCUT2D eigenvalue weighted by Crippen LogP contribution is 2.37. The van der Waals surface area contributed by atoms with E-state index >= 15 is 0 Å². The second-order valence-corrected chi connectivity index (χ2v) is 5.40. The van der Waals surface area contributed by atoms with Gasteiger partial charge in [0.25, 0.3) is 0 Å². The van der Waals surface area contributed by atoms with Crippen LogP contribution in [-0.2, 0) is 0 Å². The third-order valence-corrected chi connectivity index (χ3v) is 3.44. The molecule has 0 saturated carbocycles. The normalized spacial score (nSPS) is 16.5. The third kappa shape index (κ3) is 1.55. The average Bonchev–Trinajstić information content (AvgIpc) is 2.72. The molecule has 94 valence electrons. The van der Waals surface area contributed by atoms with Gasteiger partial charge >= 0.3 is 0 Å². The lowest BCUT2D eigenvalue weighted by molar-refractivity contribution is 0.159. The summed E-state index contributed by atoms with van der Waals surface area (Å²) in [5, 5.41) is 2.12. The summed E-state index contributed by atoms with van der Waals surface area (Å²) >= 11 is 0. The predicted molar refractivity (Wildman–Crippen MR) is 75.3 cm³/mol. The smallest absolute Gasteiger partial charge is 0.139 e. The Balaban J connectivity index is 2.05. The molecule has 0 saturated heterocycles. The van der Waals surface area contributed by atoms with Gasteiger partial charge < -0.3 is 9.15 Å². The zero-order chi connectivity index (χ0) is 13.0. The zero-order valence-electron chi connectivity index (χ0n) is 10.8. The van der Waals surface area contributed by atoms with E-state index in [2.05, 4.69) is 23.2 Å². The molecule has 4 rings (SSSR count). The van der Waals surface area contributed by atoms with Gasteiger partial charge in [-0.15, -0.1) is 0 Å². The number of rotatable bonds is 0. The predicted octanol–water partition coefficient (Wildman–Crippen LogP) is 4.17. The highest BCUT2D eigenvalue weighted by Gasteiger charge is 2.23. The lowest BCUT2D eigenvalue weighted by atomic mass is 10.0. The Morgan fingerprint density at radius 3 is 2.89 bits per heavy atom. The van der Waals surface area contributed by atoms with Crippen molar-refractivity contribution in [2.75, 3.05) is 0 Å². The monoisotopic (exact) mass is 251 g/mol. The van der Waals surface area contributed by atoms with E-state index in [1.165, 1.54) is 0 Å². The van der Waals surface area contributed by atoms with Crippen molar-refractivity contribution in [2.45, 2.75) is 19.4 Å². The lowest BCUT2D eigenvalue weighted by Gasteiger charge is -2.27. The van der Waals surface area contributed by atoms with E-state index in [1.807, 2.05) is 32.2 Å². The van der Waals surface area contributed by atoms with Crippen molar-refractivity contribution in [3.8, 4) is 5.75 Å². The Morgan fingerprint density at radius 1 is 1.11 bits per heavy atom. The van der Waals surface area contributed by atoms with E-state index in [0.717, 1.165) is 33.3 Å². The van der Waals surface area contributed by atoms with Gasteiger partial charge in [0.1, 0.15) is 22.5 Å². The first kappa shape index (κ1) is 10.6. The van der Waals surface area contributed by atoms with Gasteiger partial charge in [0.15, 0.2) is 0 Å². The second-order valence-electron chi connectivity index (χ2n) is 5.40. The topological polar surface area (TPSA) is 35.3 Å². The van der Waals surface area contributed by atoms with Crippen molar-refractivity contribution < 1.29 is 9.15 Å². The van der Waals surface area contributed by atoms with Gasteiger partial charge in [-0.3, -0.25) is 4.98 Å². The fourth-order valence-electron chi connectivity index (χ4n) is 2.49. The lowest BCUT2D eigenvalue weighted by Crippen LogP contribution is -2.27. The van der Waals surface area contributed by atoms with Crippen LogP contribution in [0, 0.1) is 0 Å². The standard InChI is InChI=1S/C16H13NO2/c1-16(2)5-3-10-7-11-12-9-17-6-4-13(12)18-15(11)8-14(10)19-16/h3-9H,1-2H3. The molecule has 0 aliphatic carbocycles. The minimum atomic E-state index is -0.270. The minimum absolute atomic E-state index is 0.270. The van der Waals surface area contributed by atoms with Crippen molar-refractivity contribution in [2.24, 2.45) is 0 Å². The van der Waals surface area contributed by atoms with Gasteiger partial charge in [0, 0.05) is 34.8 Å². The van der Waals surface area contributed by atoms with E-state index in [1.54, 1.807) is 6.20 Å².